The molecule has 2 nitrogen and oxygen atoms in total. The van der Waals surface area contributed by atoms with Crippen LogP contribution in [0.3, 0.4) is 0 Å². The molecule has 0 amide bonds. The topological polar surface area (TPSA) is 15.3 Å². The Balaban J connectivity index is 1.71. The molecule has 1 aliphatic carbocycles. The van der Waals surface area contributed by atoms with Gasteiger partial charge in [-0.05, 0) is 56.2 Å². The van der Waals surface area contributed by atoms with Crippen molar-refractivity contribution >= 4 is 0 Å². The van der Waals surface area contributed by atoms with Crippen molar-refractivity contribution in [2.45, 2.75) is 46.1 Å². The zero-order chi connectivity index (χ0) is 14.8. The fraction of sp³-hybridized carbons (Fsp3) is 0.684. The summed E-state index contributed by atoms with van der Waals surface area (Å²) in [5, 5.41) is 3.72. The van der Waals surface area contributed by atoms with Crippen molar-refractivity contribution < 1.29 is 0 Å². The van der Waals surface area contributed by atoms with Gasteiger partial charge in [-0.1, -0.05) is 37.1 Å². The van der Waals surface area contributed by atoms with Crippen LogP contribution < -0.4 is 5.32 Å². The minimum atomic E-state index is 0.480. The molecular formula is C19H30N2. The van der Waals surface area contributed by atoms with Crippen LogP contribution in [-0.4, -0.2) is 31.1 Å². The van der Waals surface area contributed by atoms with E-state index in [2.05, 4.69) is 49.2 Å². The van der Waals surface area contributed by atoms with Crippen molar-refractivity contribution in [2.75, 3.05) is 26.2 Å². The Morgan fingerprint density at radius 3 is 2.57 bits per heavy atom. The van der Waals surface area contributed by atoms with E-state index in [-0.39, 0.29) is 0 Å². The maximum absolute atomic E-state index is 3.72. The van der Waals surface area contributed by atoms with Gasteiger partial charge in [-0.3, -0.25) is 0 Å². The van der Waals surface area contributed by atoms with Crippen LogP contribution in [0.15, 0.2) is 18.2 Å². The third-order valence-electron chi connectivity index (χ3n) is 5.50. The lowest BCUT2D eigenvalue weighted by atomic mass is 9.98. The first-order chi connectivity index (χ1) is 10.2. The van der Waals surface area contributed by atoms with E-state index in [0.717, 1.165) is 18.4 Å². The van der Waals surface area contributed by atoms with E-state index in [0.29, 0.717) is 6.04 Å². The SMILES string of the molecule is CCNC(CN1CC2CCCC2C1)c1cc(C)ccc1C. The molecule has 0 aromatic heterocycles. The first-order valence-electron chi connectivity index (χ1n) is 8.70. The summed E-state index contributed by atoms with van der Waals surface area (Å²) in [7, 11) is 0. The minimum absolute atomic E-state index is 0.480. The van der Waals surface area contributed by atoms with Crippen LogP contribution in [-0.2, 0) is 0 Å². The summed E-state index contributed by atoms with van der Waals surface area (Å²) in [5.41, 5.74) is 4.29. The number of benzene rings is 1. The Morgan fingerprint density at radius 1 is 1.19 bits per heavy atom. The summed E-state index contributed by atoms with van der Waals surface area (Å²) in [5.74, 6) is 1.98. The van der Waals surface area contributed by atoms with Gasteiger partial charge < -0.3 is 10.2 Å². The zero-order valence-electron chi connectivity index (χ0n) is 13.9. The average molecular weight is 286 g/mol. The Hall–Kier alpha value is -0.860. The fourth-order valence-corrected chi connectivity index (χ4v) is 4.39. The van der Waals surface area contributed by atoms with Gasteiger partial charge in [0.25, 0.3) is 0 Å². The highest BCUT2D eigenvalue weighted by molar-refractivity contribution is 5.33. The number of nitrogens with one attached hydrogen (secondary N) is 1. The van der Waals surface area contributed by atoms with Crippen molar-refractivity contribution in [3.63, 3.8) is 0 Å². The molecule has 0 bridgehead atoms. The quantitative estimate of drug-likeness (QED) is 0.888. The van der Waals surface area contributed by atoms with E-state index in [1.54, 1.807) is 0 Å². The number of aryl methyl sites for hydroxylation is 2. The highest BCUT2D eigenvalue weighted by Crippen LogP contribution is 2.38. The maximum atomic E-state index is 3.72. The molecule has 3 unspecified atom stereocenters. The van der Waals surface area contributed by atoms with Crippen LogP contribution in [0.4, 0.5) is 0 Å². The third kappa shape index (κ3) is 3.32. The van der Waals surface area contributed by atoms with Gasteiger partial charge in [0.05, 0.1) is 0 Å². The molecule has 1 saturated heterocycles. The van der Waals surface area contributed by atoms with Gasteiger partial charge in [0.1, 0.15) is 0 Å². The van der Waals surface area contributed by atoms with Crippen LogP contribution in [0.25, 0.3) is 0 Å². The van der Waals surface area contributed by atoms with Crippen LogP contribution in [0, 0.1) is 25.7 Å². The third-order valence-corrected chi connectivity index (χ3v) is 5.50. The van der Waals surface area contributed by atoms with Crippen molar-refractivity contribution in [3.8, 4) is 0 Å². The molecule has 0 radical (unpaired) electrons. The normalized spacial score (nSPS) is 27.0. The molecule has 2 fully saturated rings. The van der Waals surface area contributed by atoms with E-state index in [1.807, 2.05) is 0 Å². The summed E-state index contributed by atoms with van der Waals surface area (Å²) in [6.07, 6.45) is 4.41. The predicted octanol–water partition coefficient (Wildman–Crippen LogP) is 3.69. The number of rotatable bonds is 5. The van der Waals surface area contributed by atoms with Gasteiger partial charge in [0, 0.05) is 25.7 Å². The molecular weight excluding hydrogens is 256 g/mol. The lowest BCUT2D eigenvalue weighted by molar-refractivity contribution is 0.273. The molecule has 1 aromatic rings. The average Bonchev–Trinajstić information content (AvgIpc) is 3.02. The van der Waals surface area contributed by atoms with E-state index < -0.39 is 0 Å². The predicted molar refractivity (Wildman–Crippen MR) is 89.6 cm³/mol. The van der Waals surface area contributed by atoms with Gasteiger partial charge in [-0.2, -0.15) is 0 Å². The van der Waals surface area contributed by atoms with Crippen LogP contribution in [0.2, 0.25) is 0 Å². The molecule has 2 heteroatoms. The van der Waals surface area contributed by atoms with Gasteiger partial charge >= 0.3 is 0 Å². The second kappa shape index (κ2) is 6.50. The van der Waals surface area contributed by atoms with Crippen molar-refractivity contribution in [1.82, 2.24) is 10.2 Å². The van der Waals surface area contributed by atoms with Gasteiger partial charge in [-0.15, -0.1) is 0 Å². The number of likely N-dealkylation sites (N-methyl/N-ethyl adjacent to an activating group) is 1. The first-order valence-corrected chi connectivity index (χ1v) is 8.70. The largest absolute Gasteiger partial charge is 0.309 e. The summed E-state index contributed by atoms with van der Waals surface area (Å²) in [4.78, 5) is 2.71. The van der Waals surface area contributed by atoms with Crippen molar-refractivity contribution in [2.24, 2.45) is 11.8 Å². The number of likely N-dealkylation sites (tertiary alicyclic amines) is 1. The molecule has 1 aliphatic heterocycles. The fourth-order valence-electron chi connectivity index (χ4n) is 4.39. The Labute approximate surface area is 129 Å². The lowest BCUT2D eigenvalue weighted by Crippen LogP contribution is -2.35. The molecule has 3 rings (SSSR count). The highest BCUT2D eigenvalue weighted by Gasteiger charge is 2.36. The van der Waals surface area contributed by atoms with Gasteiger partial charge in [0.15, 0.2) is 0 Å². The van der Waals surface area contributed by atoms with Gasteiger partial charge in [0.2, 0.25) is 0 Å². The van der Waals surface area contributed by atoms with E-state index in [4.69, 9.17) is 0 Å². The smallest absolute Gasteiger partial charge is 0.0451 e. The molecule has 116 valence electrons. The molecule has 1 saturated carbocycles. The van der Waals surface area contributed by atoms with Gasteiger partial charge in [-0.25, -0.2) is 0 Å². The number of hydrogen-bond donors (Lipinski definition) is 1. The molecule has 0 spiro atoms. The molecule has 2 aliphatic rings. The molecule has 1 heterocycles. The lowest BCUT2D eigenvalue weighted by Gasteiger charge is -2.27. The second-order valence-electron chi connectivity index (χ2n) is 7.14. The standard InChI is InChI=1S/C19H30N2/c1-4-20-19(18-10-14(2)8-9-15(18)3)13-21-11-16-6-5-7-17(16)12-21/h8-10,16-17,19-20H,4-7,11-13H2,1-3H3. The van der Waals surface area contributed by atoms with Crippen LogP contribution in [0.1, 0.15) is 48.9 Å². The maximum Gasteiger partial charge on any atom is 0.0451 e. The number of nitrogens with zero attached hydrogens (tertiary/aromatic N) is 1. The second-order valence-corrected chi connectivity index (χ2v) is 7.14. The van der Waals surface area contributed by atoms with Crippen molar-refractivity contribution in [3.05, 3.63) is 34.9 Å². The Kier molecular flexibility index (Phi) is 4.66. The first kappa shape index (κ1) is 15.1. The highest BCUT2D eigenvalue weighted by atomic mass is 15.2. The van der Waals surface area contributed by atoms with E-state index >= 15 is 0 Å². The summed E-state index contributed by atoms with van der Waals surface area (Å²) in [6, 6.07) is 7.35. The van der Waals surface area contributed by atoms with Crippen LogP contribution >= 0.6 is 0 Å². The molecule has 1 aromatic carbocycles. The van der Waals surface area contributed by atoms with Crippen LogP contribution in [0.5, 0.6) is 0 Å². The van der Waals surface area contributed by atoms with Crippen molar-refractivity contribution in [1.29, 1.82) is 0 Å². The minimum Gasteiger partial charge on any atom is -0.309 e. The zero-order valence-corrected chi connectivity index (χ0v) is 13.9. The summed E-state index contributed by atoms with van der Waals surface area (Å²) >= 11 is 0. The van der Waals surface area contributed by atoms with E-state index in [1.165, 1.54) is 55.6 Å². The monoisotopic (exact) mass is 286 g/mol. The Bertz CT molecular complexity index is 470. The number of hydrogen-bond acceptors (Lipinski definition) is 2. The Morgan fingerprint density at radius 2 is 1.90 bits per heavy atom. The van der Waals surface area contributed by atoms with E-state index in [9.17, 15) is 0 Å². The molecule has 3 atom stereocenters. The summed E-state index contributed by atoms with van der Waals surface area (Å²) in [6.45, 7) is 11.5. The molecule has 1 N–H and O–H groups in total. The summed E-state index contributed by atoms with van der Waals surface area (Å²) < 4.78 is 0. The number of fused-ring (bicyclic) bond motifs is 1. The molecule has 21 heavy (non-hydrogen) atoms.